The molecule has 1 rings (SSSR count). The molecule has 0 saturated heterocycles. The number of rotatable bonds is 4. The third-order valence-corrected chi connectivity index (χ3v) is 3.46. The number of carbonyl (C=O) groups excluding carboxylic acids is 1. The lowest BCUT2D eigenvalue weighted by Crippen LogP contribution is -2.18. The molecule has 5 nitrogen and oxygen atoms in total. The van der Waals surface area contributed by atoms with Gasteiger partial charge < -0.3 is 10.5 Å². The van der Waals surface area contributed by atoms with Crippen molar-refractivity contribution >= 4 is 21.5 Å². The fourth-order valence-electron chi connectivity index (χ4n) is 1.12. The highest BCUT2D eigenvalue weighted by atomic mass is 32.2. The van der Waals surface area contributed by atoms with Crippen LogP contribution in [0, 0.1) is 0 Å². The van der Waals surface area contributed by atoms with Crippen LogP contribution in [0.2, 0.25) is 0 Å². The molecular formula is C10H13NO4S. The van der Waals surface area contributed by atoms with Gasteiger partial charge in [-0.3, -0.25) is 4.79 Å². The first kappa shape index (κ1) is 12.5. The zero-order valence-corrected chi connectivity index (χ0v) is 9.66. The summed E-state index contributed by atoms with van der Waals surface area (Å²) in [5.74, 6) is -1.40. The zero-order valence-electron chi connectivity index (χ0n) is 8.84. The topological polar surface area (TPSA) is 86.5 Å². The summed E-state index contributed by atoms with van der Waals surface area (Å²) in [6.45, 7) is 1.78. The van der Waals surface area contributed by atoms with Gasteiger partial charge in [0, 0.05) is 5.69 Å². The molecule has 2 N–H and O–H groups in total. The molecule has 0 spiro atoms. The number of esters is 1. The van der Waals surface area contributed by atoms with Crippen LogP contribution in [0.4, 0.5) is 5.69 Å². The maximum Gasteiger partial charge on any atom is 0.321 e. The third-order valence-electron chi connectivity index (χ3n) is 1.85. The first-order chi connectivity index (χ1) is 7.45. The SMILES string of the molecule is CCOC(=O)CS(=O)(=O)c1ccc(N)cc1. The quantitative estimate of drug-likeness (QED) is 0.618. The molecule has 0 radical (unpaired) electrons. The van der Waals surface area contributed by atoms with Crippen LogP contribution in [-0.2, 0) is 19.4 Å². The summed E-state index contributed by atoms with van der Waals surface area (Å²) < 4.78 is 28.0. The Labute approximate surface area is 94.1 Å². The summed E-state index contributed by atoms with van der Waals surface area (Å²) >= 11 is 0. The van der Waals surface area contributed by atoms with Gasteiger partial charge in [-0.1, -0.05) is 0 Å². The van der Waals surface area contributed by atoms with Gasteiger partial charge in [0.05, 0.1) is 11.5 Å². The van der Waals surface area contributed by atoms with Gasteiger partial charge in [-0.05, 0) is 31.2 Å². The van der Waals surface area contributed by atoms with Crippen LogP contribution in [0.1, 0.15) is 6.92 Å². The molecule has 0 aliphatic heterocycles. The van der Waals surface area contributed by atoms with Crippen molar-refractivity contribution in [2.75, 3.05) is 18.1 Å². The van der Waals surface area contributed by atoms with Crippen LogP contribution in [0.15, 0.2) is 29.2 Å². The van der Waals surface area contributed by atoms with E-state index in [1.54, 1.807) is 6.92 Å². The van der Waals surface area contributed by atoms with Crippen LogP contribution >= 0.6 is 0 Å². The van der Waals surface area contributed by atoms with Crippen molar-refractivity contribution in [3.05, 3.63) is 24.3 Å². The van der Waals surface area contributed by atoms with E-state index in [-0.39, 0.29) is 11.5 Å². The summed E-state index contributed by atoms with van der Waals surface area (Å²) in [6, 6.07) is 5.67. The maximum atomic E-state index is 11.7. The van der Waals surface area contributed by atoms with Crippen molar-refractivity contribution in [3.8, 4) is 0 Å². The average molecular weight is 243 g/mol. The van der Waals surface area contributed by atoms with E-state index >= 15 is 0 Å². The molecule has 1 aromatic rings. The second-order valence-electron chi connectivity index (χ2n) is 3.13. The average Bonchev–Trinajstić information content (AvgIpc) is 2.17. The van der Waals surface area contributed by atoms with Crippen molar-refractivity contribution < 1.29 is 17.9 Å². The Hall–Kier alpha value is -1.56. The molecule has 16 heavy (non-hydrogen) atoms. The van der Waals surface area contributed by atoms with Gasteiger partial charge in [0.1, 0.15) is 0 Å². The molecule has 88 valence electrons. The highest BCUT2D eigenvalue weighted by Crippen LogP contribution is 2.13. The minimum Gasteiger partial charge on any atom is -0.465 e. The summed E-state index contributed by atoms with van der Waals surface area (Å²) in [6.07, 6.45) is 0. The van der Waals surface area contributed by atoms with Gasteiger partial charge in [0.15, 0.2) is 15.6 Å². The van der Waals surface area contributed by atoms with E-state index in [1.165, 1.54) is 24.3 Å². The van der Waals surface area contributed by atoms with E-state index in [0.29, 0.717) is 5.69 Å². The van der Waals surface area contributed by atoms with E-state index in [4.69, 9.17) is 5.73 Å². The van der Waals surface area contributed by atoms with Gasteiger partial charge in [-0.25, -0.2) is 8.42 Å². The predicted octanol–water partition coefficient (Wildman–Crippen LogP) is 0.606. The van der Waals surface area contributed by atoms with Crippen LogP contribution < -0.4 is 5.73 Å². The van der Waals surface area contributed by atoms with E-state index < -0.39 is 21.6 Å². The molecule has 0 heterocycles. The largest absolute Gasteiger partial charge is 0.465 e. The van der Waals surface area contributed by atoms with Gasteiger partial charge >= 0.3 is 5.97 Å². The van der Waals surface area contributed by atoms with Gasteiger partial charge in [0.25, 0.3) is 0 Å². The number of benzene rings is 1. The Kier molecular flexibility index (Phi) is 3.89. The standard InChI is InChI=1S/C10H13NO4S/c1-2-15-10(12)7-16(13,14)9-5-3-8(11)4-6-9/h3-6H,2,7,11H2,1H3. The molecule has 0 aromatic heterocycles. The smallest absolute Gasteiger partial charge is 0.321 e. The van der Waals surface area contributed by atoms with Crippen molar-refractivity contribution in [1.82, 2.24) is 0 Å². The van der Waals surface area contributed by atoms with Crippen LogP contribution in [0.5, 0.6) is 0 Å². The molecule has 1 aromatic carbocycles. The molecule has 0 bridgehead atoms. The Morgan fingerprint density at radius 2 is 1.88 bits per heavy atom. The lowest BCUT2D eigenvalue weighted by molar-refractivity contribution is -0.139. The van der Waals surface area contributed by atoms with Crippen molar-refractivity contribution in [2.24, 2.45) is 0 Å². The Bertz CT molecular complexity index is 464. The lowest BCUT2D eigenvalue weighted by Gasteiger charge is -2.04. The number of carbonyl (C=O) groups is 1. The van der Waals surface area contributed by atoms with Crippen LogP contribution in [0.25, 0.3) is 0 Å². The summed E-state index contributed by atoms with van der Waals surface area (Å²) in [4.78, 5) is 11.1. The molecule has 6 heteroatoms. The molecule has 0 fully saturated rings. The predicted molar refractivity (Wildman–Crippen MR) is 59.5 cm³/mol. The monoisotopic (exact) mass is 243 g/mol. The van der Waals surface area contributed by atoms with E-state index in [0.717, 1.165) is 0 Å². The Morgan fingerprint density at radius 3 is 2.38 bits per heavy atom. The second kappa shape index (κ2) is 4.98. The number of anilines is 1. The third kappa shape index (κ3) is 3.23. The first-order valence-corrected chi connectivity index (χ1v) is 6.35. The number of hydrogen-bond donors (Lipinski definition) is 1. The minimum absolute atomic E-state index is 0.0646. The summed E-state index contributed by atoms with van der Waals surface area (Å²) in [5.41, 5.74) is 5.90. The van der Waals surface area contributed by atoms with E-state index in [9.17, 15) is 13.2 Å². The molecule has 0 aliphatic carbocycles. The fraction of sp³-hybridized carbons (Fsp3) is 0.300. The first-order valence-electron chi connectivity index (χ1n) is 4.69. The van der Waals surface area contributed by atoms with Gasteiger partial charge in [-0.2, -0.15) is 0 Å². The van der Waals surface area contributed by atoms with Gasteiger partial charge in [0.2, 0.25) is 0 Å². The fourth-order valence-corrected chi connectivity index (χ4v) is 2.23. The molecule has 0 amide bonds. The molecule has 0 unspecified atom stereocenters. The number of sulfone groups is 1. The minimum atomic E-state index is -3.63. The number of nitrogen functional groups attached to an aromatic ring is 1. The highest BCUT2D eigenvalue weighted by Gasteiger charge is 2.19. The van der Waals surface area contributed by atoms with Crippen molar-refractivity contribution in [1.29, 1.82) is 0 Å². The Balaban J connectivity index is 2.86. The summed E-state index contributed by atoms with van der Waals surface area (Å²) in [7, 11) is -3.63. The number of nitrogens with two attached hydrogens (primary N) is 1. The van der Waals surface area contributed by atoms with Crippen LogP contribution in [-0.4, -0.2) is 26.7 Å². The maximum absolute atomic E-state index is 11.7. The van der Waals surface area contributed by atoms with Crippen LogP contribution in [0.3, 0.4) is 0 Å². The molecular weight excluding hydrogens is 230 g/mol. The zero-order chi connectivity index (χ0) is 12.2. The normalized spacial score (nSPS) is 11.1. The highest BCUT2D eigenvalue weighted by molar-refractivity contribution is 7.92. The van der Waals surface area contributed by atoms with Gasteiger partial charge in [-0.15, -0.1) is 0 Å². The molecule has 0 saturated carbocycles. The van der Waals surface area contributed by atoms with E-state index in [2.05, 4.69) is 4.74 Å². The van der Waals surface area contributed by atoms with Crippen molar-refractivity contribution in [3.63, 3.8) is 0 Å². The van der Waals surface area contributed by atoms with Crippen molar-refractivity contribution in [2.45, 2.75) is 11.8 Å². The summed E-state index contributed by atoms with van der Waals surface area (Å²) in [5, 5.41) is 0. The van der Waals surface area contributed by atoms with E-state index in [1.807, 2.05) is 0 Å². The number of ether oxygens (including phenoxy) is 1. The number of hydrogen-bond acceptors (Lipinski definition) is 5. The molecule has 0 aliphatic rings. The lowest BCUT2D eigenvalue weighted by atomic mass is 10.3. The molecule has 0 atom stereocenters. The Morgan fingerprint density at radius 1 is 1.31 bits per heavy atom. The second-order valence-corrected chi connectivity index (χ2v) is 5.12.